The summed E-state index contributed by atoms with van der Waals surface area (Å²) in [6.45, 7) is 0.0628. The molecular weight excluding hydrogens is 349 g/mol. The van der Waals surface area contributed by atoms with Gasteiger partial charge in [-0.15, -0.1) is 0 Å². The second-order valence-electron chi connectivity index (χ2n) is 5.24. The molecule has 0 spiro atoms. The van der Waals surface area contributed by atoms with Crippen molar-refractivity contribution in [2.24, 2.45) is 0 Å². The minimum atomic E-state index is -4.53. The van der Waals surface area contributed by atoms with E-state index in [4.69, 9.17) is 10.00 Å². The molecule has 1 aromatic heterocycles. The zero-order valence-electron chi connectivity index (χ0n) is 12.5. The SMILES string of the molecule is N#Cc1nccnc1O[C@@H]1CCCN(S(=O)(=O)CCC(F)(F)F)C1. The van der Waals surface area contributed by atoms with E-state index in [0.717, 1.165) is 4.31 Å². The van der Waals surface area contributed by atoms with Crippen molar-refractivity contribution < 1.29 is 26.3 Å². The van der Waals surface area contributed by atoms with E-state index in [9.17, 15) is 21.6 Å². The van der Waals surface area contributed by atoms with Crippen molar-refractivity contribution in [3.63, 3.8) is 0 Å². The standard InChI is InChI=1S/C13H15F3N4O3S/c14-13(15,16)3-7-24(21,22)20-6-1-2-10(9-20)23-12-11(8-17)18-4-5-19-12/h4-5,10H,1-3,6-7,9H2/t10-/m1/s1. The number of piperidine rings is 1. The molecule has 0 aromatic carbocycles. The maximum absolute atomic E-state index is 12.2. The maximum atomic E-state index is 12.2. The molecule has 0 unspecified atom stereocenters. The highest BCUT2D eigenvalue weighted by Crippen LogP contribution is 2.24. The molecule has 0 N–H and O–H groups in total. The Morgan fingerprint density at radius 1 is 1.38 bits per heavy atom. The Morgan fingerprint density at radius 2 is 2.08 bits per heavy atom. The largest absolute Gasteiger partial charge is 0.471 e. The van der Waals surface area contributed by atoms with Gasteiger partial charge in [0.15, 0.2) is 0 Å². The van der Waals surface area contributed by atoms with E-state index >= 15 is 0 Å². The van der Waals surface area contributed by atoms with Crippen molar-refractivity contribution >= 4 is 10.0 Å². The number of hydrogen-bond donors (Lipinski definition) is 0. The van der Waals surface area contributed by atoms with Crippen LogP contribution in [0, 0.1) is 11.3 Å². The Morgan fingerprint density at radius 3 is 2.75 bits per heavy atom. The number of hydrogen-bond acceptors (Lipinski definition) is 6. The van der Waals surface area contributed by atoms with Crippen molar-refractivity contribution in [3.05, 3.63) is 18.1 Å². The van der Waals surface area contributed by atoms with Gasteiger partial charge in [-0.2, -0.15) is 22.7 Å². The lowest BCUT2D eigenvalue weighted by molar-refractivity contribution is -0.130. The first-order valence-corrected chi connectivity index (χ1v) is 8.74. The molecule has 1 aliphatic heterocycles. The van der Waals surface area contributed by atoms with Crippen molar-refractivity contribution in [1.82, 2.24) is 14.3 Å². The Kier molecular flexibility index (Phi) is 5.61. The van der Waals surface area contributed by atoms with Crippen LogP contribution in [0.5, 0.6) is 5.88 Å². The number of ether oxygens (including phenoxy) is 1. The molecule has 1 saturated heterocycles. The Bertz CT molecular complexity index is 718. The Labute approximate surface area is 137 Å². The number of rotatable bonds is 5. The van der Waals surface area contributed by atoms with Gasteiger partial charge in [0.1, 0.15) is 12.2 Å². The second kappa shape index (κ2) is 7.31. The number of nitriles is 1. The number of halogens is 3. The minimum absolute atomic E-state index is 0.0143. The molecule has 0 saturated carbocycles. The molecule has 1 fully saturated rings. The summed E-state index contributed by atoms with van der Waals surface area (Å²) in [4.78, 5) is 7.66. The number of nitrogens with zero attached hydrogens (tertiary/aromatic N) is 4. The van der Waals surface area contributed by atoms with E-state index in [1.165, 1.54) is 12.4 Å². The summed E-state index contributed by atoms with van der Waals surface area (Å²) in [5.74, 6) is -1.00. The lowest BCUT2D eigenvalue weighted by Crippen LogP contribution is -2.45. The minimum Gasteiger partial charge on any atom is -0.471 e. The summed E-state index contributed by atoms with van der Waals surface area (Å²) >= 11 is 0. The molecule has 2 heterocycles. The first-order chi connectivity index (χ1) is 11.2. The van der Waals surface area contributed by atoms with Gasteiger partial charge in [0, 0.05) is 18.9 Å². The highest BCUT2D eigenvalue weighted by Gasteiger charge is 2.35. The van der Waals surface area contributed by atoms with E-state index in [0.29, 0.717) is 12.8 Å². The molecule has 1 atom stereocenters. The van der Waals surface area contributed by atoms with Crippen LogP contribution in [0.4, 0.5) is 13.2 Å². The van der Waals surface area contributed by atoms with Crippen LogP contribution in [-0.2, 0) is 10.0 Å². The van der Waals surface area contributed by atoms with Crippen LogP contribution in [0.15, 0.2) is 12.4 Å². The highest BCUT2D eigenvalue weighted by molar-refractivity contribution is 7.89. The van der Waals surface area contributed by atoms with Crippen LogP contribution in [-0.4, -0.2) is 53.8 Å². The molecule has 2 rings (SSSR count). The van der Waals surface area contributed by atoms with Crippen molar-refractivity contribution in [2.45, 2.75) is 31.5 Å². The van der Waals surface area contributed by atoms with Crippen molar-refractivity contribution in [1.29, 1.82) is 5.26 Å². The average molecular weight is 364 g/mol. The van der Waals surface area contributed by atoms with Crippen LogP contribution >= 0.6 is 0 Å². The molecule has 1 aromatic rings. The highest BCUT2D eigenvalue weighted by atomic mass is 32.2. The summed E-state index contributed by atoms with van der Waals surface area (Å²) in [5, 5.41) is 8.93. The summed E-state index contributed by atoms with van der Waals surface area (Å²) in [6, 6.07) is 1.81. The predicted octanol–water partition coefficient (Wildman–Crippen LogP) is 1.47. The van der Waals surface area contributed by atoms with Gasteiger partial charge in [-0.05, 0) is 12.8 Å². The number of alkyl halides is 3. The monoisotopic (exact) mass is 364 g/mol. The van der Waals surface area contributed by atoms with E-state index in [2.05, 4.69) is 9.97 Å². The lowest BCUT2D eigenvalue weighted by Gasteiger charge is -2.31. The van der Waals surface area contributed by atoms with Gasteiger partial charge in [0.05, 0.1) is 18.7 Å². The summed E-state index contributed by atoms with van der Waals surface area (Å²) < 4.78 is 67.3. The predicted molar refractivity (Wildman–Crippen MR) is 76.4 cm³/mol. The fourth-order valence-corrected chi connectivity index (χ4v) is 3.82. The summed E-state index contributed by atoms with van der Waals surface area (Å²) in [5.41, 5.74) is -0.0328. The maximum Gasteiger partial charge on any atom is 0.390 e. The van der Waals surface area contributed by atoms with Crippen LogP contribution < -0.4 is 4.74 Å². The molecule has 0 radical (unpaired) electrons. The first kappa shape index (κ1) is 18.4. The topological polar surface area (TPSA) is 96.2 Å². The third kappa shape index (κ3) is 5.04. The molecule has 7 nitrogen and oxygen atoms in total. The van der Waals surface area contributed by atoms with Gasteiger partial charge in [-0.1, -0.05) is 0 Å². The van der Waals surface area contributed by atoms with Gasteiger partial charge in [-0.3, -0.25) is 0 Å². The normalized spacial score (nSPS) is 19.7. The number of aromatic nitrogens is 2. The van der Waals surface area contributed by atoms with Crippen LogP contribution in [0.2, 0.25) is 0 Å². The van der Waals surface area contributed by atoms with Gasteiger partial charge in [-0.25, -0.2) is 18.4 Å². The smallest absolute Gasteiger partial charge is 0.390 e. The van der Waals surface area contributed by atoms with Crippen LogP contribution in [0.25, 0.3) is 0 Å². The third-order valence-corrected chi connectivity index (χ3v) is 5.27. The molecular formula is C13H15F3N4O3S. The van der Waals surface area contributed by atoms with Gasteiger partial charge >= 0.3 is 6.18 Å². The Hall–Kier alpha value is -1.93. The van der Waals surface area contributed by atoms with Gasteiger partial charge in [0.25, 0.3) is 5.88 Å². The summed E-state index contributed by atoms with van der Waals surface area (Å²) in [6.07, 6.45) is -2.91. The quantitative estimate of drug-likeness (QED) is 0.785. The Balaban J connectivity index is 2.02. The first-order valence-electron chi connectivity index (χ1n) is 7.13. The van der Waals surface area contributed by atoms with Gasteiger partial charge in [0.2, 0.25) is 15.7 Å². The average Bonchev–Trinajstić information content (AvgIpc) is 2.53. The molecule has 1 aliphatic rings. The van der Waals surface area contributed by atoms with Crippen molar-refractivity contribution in [3.8, 4) is 11.9 Å². The molecule has 11 heteroatoms. The van der Waals surface area contributed by atoms with Crippen LogP contribution in [0.1, 0.15) is 25.0 Å². The van der Waals surface area contributed by atoms with Crippen LogP contribution in [0.3, 0.4) is 0 Å². The second-order valence-corrected chi connectivity index (χ2v) is 7.33. The van der Waals surface area contributed by atoms with Crippen molar-refractivity contribution in [2.75, 3.05) is 18.8 Å². The molecule has 0 amide bonds. The van der Waals surface area contributed by atoms with E-state index < -0.39 is 34.5 Å². The third-order valence-electron chi connectivity index (χ3n) is 3.43. The summed E-state index contributed by atoms with van der Waals surface area (Å²) in [7, 11) is -4.03. The number of sulfonamides is 1. The van der Waals surface area contributed by atoms with E-state index in [1.54, 1.807) is 0 Å². The molecule has 0 bridgehead atoms. The van der Waals surface area contributed by atoms with E-state index in [-0.39, 0.29) is 24.7 Å². The van der Waals surface area contributed by atoms with Gasteiger partial charge < -0.3 is 4.74 Å². The van der Waals surface area contributed by atoms with E-state index in [1.807, 2.05) is 6.07 Å². The molecule has 132 valence electrons. The fourth-order valence-electron chi connectivity index (χ4n) is 2.27. The molecule has 24 heavy (non-hydrogen) atoms. The molecule has 0 aliphatic carbocycles. The zero-order valence-corrected chi connectivity index (χ0v) is 13.3. The lowest BCUT2D eigenvalue weighted by atomic mass is 10.1. The zero-order chi connectivity index (χ0) is 17.8. The fraction of sp³-hybridized carbons (Fsp3) is 0.615.